The summed E-state index contributed by atoms with van der Waals surface area (Å²) in [6.45, 7) is 2.96. The van der Waals surface area contributed by atoms with Gasteiger partial charge in [-0.3, -0.25) is 4.79 Å². The SMILES string of the molecule is COC(=O)C1CCC(c2cccc(C)c2)CN1. The van der Waals surface area contributed by atoms with Crippen molar-refractivity contribution in [2.24, 2.45) is 0 Å². The molecule has 17 heavy (non-hydrogen) atoms. The summed E-state index contributed by atoms with van der Waals surface area (Å²) in [7, 11) is 1.44. The summed E-state index contributed by atoms with van der Waals surface area (Å²) in [6.07, 6.45) is 1.89. The maximum atomic E-state index is 11.4. The molecule has 2 rings (SSSR count). The highest BCUT2D eigenvalue weighted by atomic mass is 16.5. The Morgan fingerprint density at radius 1 is 1.41 bits per heavy atom. The van der Waals surface area contributed by atoms with Gasteiger partial charge in [0, 0.05) is 6.54 Å². The van der Waals surface area contributed by atoms with E-state index in [0.29, 0.717) is 5.92 Å². The molecule has 0 aliphatic carbocycles. The van der Waals surface area contributed by atoms with Crippen molar-refractivity contribution in [3.05, 3.63) is 35.4 Å². The van der Waals surface area contributed by atoms with Crippen molar-refractivity contribution in [1.82, 2.24) is 5.32 Å². The monoisotopic (exact) mass is 233 g/mol. The fourth-order valence-corrected chi connectivity index (χ4v) is 2.41. The Morgan fingerprint density at radius 3 is 2.82 bits per heavy atom. The Balaban J connectivity index is 1.97. The molecule has 1 heterocycles. The smallest absolute Gasteiger partial charge is 0.322 e. The Kier molecular flexibility index (Phi) is 3.79. The predicted molar refractivity (Wildman–Crippen MR) is 67.0 cm³/mol. The number of esters is 1. The Hall–Kier alpha value is -1.35. The van der Waals surface area contributed by atoms with Gasteiger partial charge < -0.3 is 10.1 Å². The van der Waals surface area contributed by atoms with Gasteiger partial charge in [-0.05, 0) is 31.2 Å². The molecule has 1 aliphatic heterocycles. The van der Waals surface area contributed by atoms with Gasteiger partial charge in [-0.2, -0.15) is 0 Å². The van der Waals surface area contributed by atoms with Gasteiger partial charge in [0.05, 0.1) is 7.11 Å². The normalized spacial score (nSPS) is 24.4. The Bertz CT molecular complexity index is 395. The van der Waals surface area contributed by atoms with Gasteiger partial charge in [0.25, 0.3) is 0 Å². The molecule has 1 saturated heterocycles. The standard InChI is InChI=1S/C14H19NO2/c1-10-4-3-5-11(8-10)12-6-7-13(15-9-12)14(16)17-2/h3-5,8,12-13,15H,6-7,9H2,1-2H3. The molecule has 92 valence electrons. The van der Waals surface area contributed by atoms with E-state index in [9.17, 15) is 4.79 Å². The molecule has 3 heteroatoms. The van der Waals surface area contributed by atoms with Crippen molar-refractivity contribution < 1.29 is 9.53 Å². The fraction of sp³-hybridized carbons (Fsp3) is 0.500. The second-order valence-electron chi connectivity index (χ2n) is 4.67. The molecule has 2 unspecified atom stereocenters. The molecule has 2 atom stereocenters. The number of nitrogens with one attached hydrogen (secondary N) is 1. The van der Waals surface area contributed by atoms with Crippen molar-refractivity contribution >= 4 is 5.97 Å². The zero-order valence-electron chi connectivity index (χ0n) is 10.4. The average molecular weight is 233 g/mol. The van der Waals surface area contributed by atoms with Crippen LogP contribution < -0.4 is 5.32 Å². The number of carbonyl (C=O) groups is 1. The highest BCUT2D eigenvalue weighted by Gasteiger charge is 2.26. The number of hydrogen-bond acceptors (Lipinski definition) is 3. The van der Waals surface area contributed by atoms with Crippen LogP contribution in [-0.4, -0.2) is 25.7 Å². The van der Waals surface area contributed by atoms with E-state index in [2.05, 4.69) is 36.5 Å². The van der Waals surface area contributed by atoms with Crippen LogP contribution in [0.5, 0.6) is 0 Å². The maximum absolute atomic E-state index is 11.4. The van der Waals surface area contributed by atoms with E-state index in [-0.39, 0.29) is 12.0 Å². The van der Waals surface area contributed by atoms with Crippen molar-refractivity contribution in [2.45, 2.75) is 31.7 Å². The number of hydrogen-bond donors (Lipinski definition) is 1. The molecule has 3 nitrogen and oxygen atoms in total. The van der Waals surface area contributed by atoms with Crippen LogP contribution in [0.25, 0.3) is 0 Å². The van der Waals surface area contributed by atoms with Crippen LogP contribution in [0.1, 0.15) is 29.9 Å². The van der Waals surface area contributed by atoms with Gasteiger partial charge in [0.1, 0.15) is 6.04 Å². The molecule has 0 aromatic heterocycles. The van der Waals surface area contributed by atoms with Gasteiger partial charge in [-0.15, -0.1) is 0 Å². The Labute approximate surface area is 102 Å². The highest BCUT2D eigenvalue weighted by Crippen LogP contribution is 2.26. The van der Waals surface area contributed by atoms with Crippen molar-refractivity contribution in [3.8, 4) is 0 Å². The third-order valence-corrected chi connectivity index (χ3v) is 3.41. The number of carbonyl (C=O) groups excluding carboxylic acids is 1. The number of methoxy groups -OCH3 is 1. The summed E-state index contributed by atoms with van der Waals surface area (Å²) < 4.78 is 4.75. The van der Waals surface area contributed by atoms with Crippen molar-refractivity contribution in [3.63, 3.8) is 0 Å². The maximum Gasteiger partial charge on any atom is 0.322 e. The van der Waals surface area contributed by atoms with Crippen LogP contribution in [0.15, 0.2) is 24.3 Å². The highest BCUT2D eigenvalue weighted by molar-refractivity contribution is 5.75. The molecule has 1 aliphatic rings. The molecule has 0 amide bonds. The molecule has 1 aromatic carbocycles. The summed E-state index contributed by atoms with van der Waals surface area (Å²) in [5.41, 5.74) is 2.65. The molecule has 1 fully saturated rings. The first-order chi connectivity index (χ1) is 8.20. The van der Waals surface area contributed by atoms with Crippen molar-refractivity contribution in [2.75, 3.05) is 13.7 Å². The minimum atomic E-state index is -0.146. The van der Waals surface area contributed by atoms with Gasteiger partial charge in [-0.25, -0.2) is 0 Å². The molecule has 0 radical (unpaired) electrons. The zero-order chi connectivity index (χ0) is 12.3. The lowest BCUT2D eigenvalue weighted by atomic mass is 9.88. The number of benzene rings is 1. The molecule has 1 N–H and O–H groups in total. The Morgan fingerprint density at radius 2 is 2.24 bits per heavy atom. The number of piperidine rings is 1. The van der Waals surface area contributed by atoms with E-state index in [4.69, 9.17) is 4.74 Å². The first kappa shape index (κ1) is 12.1. The van der Waals surface area contributed by atoms with Gasteiger partial charge in [0.15, 0.2) is 0 Å². The predicted octanol–water partition coefficient (Wildman–Crippen LogP) is 2.00. The molecule has 0 saturated carbocycles. The first-order valence-electron chi connectivity index (χ1n) is 6.08. The van der Waals surface area contributed by atoms with E-state index < -0.39 is 0 Å². The summed E-state index contributed by atoms with van der Waals surface area (Å²) in [5, 5.41) is 3.26. The van der Waals surface area contributed by atoms with E-state index in [0.717, 1.165) is 19.4 Å². The minimum Gasteiger partial charge on any atom is -0.468 e. The second-order valence-corrected chi connectivity index (χ2v) is 4.67. The van der Waals surface area contributed by atoms with E-state index in [1.54, 1.807) is 0 Å². The quantitative estimate of drug-likeness (QED) is 0.794. The van der Waals surface area contributed by atoms with E-state index >= 15 is 0 Å². The van der Waals surface area contributed by atoms with Crippen molar-refractivity contribution in [1.29, 1.82) is 0 Å². The molecule has 1 aromatic rings. The van der Waals surface area contributed by atoms with Gasteiger partial charge in [-0.1, -0.05) is 29.8 Å². The molecule has 0 spiro atoms. The largest absolute Gasteiger partial charge is 0.468 e. The molecule has 0 bridgehead atoms. The number of rotatable bonds is 2. The zero-order valence-corrected chi connectivity index (χ0v) is 10.4. The number of ether oxygens (including phenoxy) is 1. The van der Waals surface area contributed by atoms with Crippen LogP contribution >= 0.6 is 0 Å². The summed E-state index contributed by atoms with van der Waals surface area (Å²) in [6, 6.07) is 8.47. The fourth-order valence-electron chi connectivity index (χ4n) is 2.41. The molecular weight excluding hydrogens is 214 g/mol. The summed E-state index contributed by atoms with van der Waals surface area (Å²) in [4.78, 5) is 11.4. The number of aryl methyl sites for hydroxylation is 1. The third kappa shape index (κ3) is 2.86. The van der Waals surface area contributed by atoms with Crippen LogP contribution in [0.4, 0.5) is 0 Å². The average Bonchev–Trinajstić information content (AvgIpc) is 2.38. The van der Waals surface area contributed by atoms with Crippen LogP contribution in [-0.2, 0) is 9.53 Å². The summed E-state index contributed by atoms with van der Waals surface area (Å²) >= 11 is 0. The third-order valence-electron chi connectivity index (χ3n) is 3.41. The minimum absolute atomic E-state index is 0.124. The van der Waals surface area contributed by atoms with Gasteiger partial charge >= 0.3 is 5.97 Å². The lowest BCUT2D eigenvalue weighted by Gasteiger charge is -2.28. The van der Waals surface area contributed by atoms with Crippen LogP contribution in [0.2, 0.25) is 0 Å². The molecular formula is C14H19NO2. The topological polar surface area (TPSA) is 38.3 Å². The lowest BCUT2D eigenvalue weighted by Crippen LogP contribution is -2.43. The first-order valence-corrected chi connectivity index (χ1v) is 6.08. The second kappa shape index (κ2) is 5.32. The van der Waals surface area contributed by atoms with Crippen LogP contribution in [0, 0.1) is 6.92 Å². The van der Waals surface area contributed by atoms with E-state index in [1.807, 2.05) is 0 Å². The van der Waals surface area contributed by atoms with Crippen LogP contribution in [0.3, 0.4) is 0 Å². The van der Waals surface area contributed by atoms with E-state index in [1.165, 1.54) is 18.2 Å². The summed E-state index contributed by atoms with van der Waals surface area (Å²) in [5.74, 6) is 0.364. The lowest BCUT2D eigenvalue weighted by molar-refractivity contribution is -0.143. The van der Waals surface area contributed by atoms with Gasteiger partial charge in [0.2, 0.25) is 0 Å².